The van der Waals surface area contributed by atoms with Crippen LogP contribution in [0.2, 0.25) is 0 Å². The van der Waals surface area contributed by atoms with Crippen molar-refractivity contribution in [1.82, 2.24) is 9.29 Å². The van der Waals surface area contributed by atoms with Gasteiger partial charge < -0.3 is 5.32 Å². The average Bonchev–Trinajstić information content (AvgIpc) is 2.93. The highest BCUT2D eigenvalue weighted by atomic mass is 32.2. The number of thioether (sulfide) groups is 1. The highest BCUT2D eigenvalue weighted by Gasteiger charge is 2.28. The molecule has 0 radical (unpaired) electrons. The van der Waals surface area contributed by atoms with Crippen LogP contribution >= 0.6 is 11.8 Å². The number of hydrogen-bond donors (Lipinski definition) is 1. The predicted octanol–water partition coefficient (Wildman–Crippen LogP) is 4.29. The van der Waals surface area contributed by atoms with Crippen molar-refractivity contribution >= 4 is 33.4 Å². The molecule has 0 saturated heterocycles. The number of carbonyl (C=O) groups is 1. The van der Waals surface area contributed by atoms with Crippen LogP contribution in [-0.4, -0.2) is 29.4 Å². The van der Waals surface area contributed by atoms with Gasteiger partial charge in [-0.25, -0.2) is 12.8 Å². The Balaban J connectivity index is 1.70. The van der Waals surface area contributed by atoms with Crippen LogP contribution < -0.4 is 5.32 Å². The Hall–Kier alpha value is -2.75. The smallest absolute Gasteiger partial charge is 0.243 e. The lowest BCUT2D eigenvalue weighted by Crippen LogP contribution is -2.30. The van der Waals surface area contributed by atoms with Crippen molar-refractivity contribution in [1.29, 1.82) is 0 Å². The molecule has 0 aliphatic carbocycles. The largest absolute Gasteiger partial charge is 0.325 e. The average molecular weight is 472 g/mol. The summed E-state index contributed by atoms with van der Waals surface area (Å²) in [5.41, 5.74) is 1.88. The normalized spacial score (nSPS) is 16.3. The number of nitrogens with zero attached hydrogens (tertiary/aromatic N) is 2. The predicted molar refractivity (Wildman–Crippen MR) is 122 cm³/mol. The zero-order valence-electron chi connectivity index (χ0n) is 17.4. The second-order valence-corrected chi connectivity index (χ2v) is 10.6. The summed E-state index contributed by atoms with van der Waals surface area (Å²) in [6, 6.07) is 14.1. The molecule has 0 saturated carbocycles. The van der Waals surface area contributed by atoms with E-state index in [0.29, 0.717) is 17.0 Å². The van der Waals surface area contributed by atoms with Gasteiger partial charge in [0.25, 0.3) is 0 Å². The van der Waals surface area contributed by atoms with Crippen molar-refractivity contribution in [3.05, 3.63) is 83.9 Å². The van der Waals surface area contributed by atoms with Crippen molar-refractivity contribution in [2.75, 3.05) is 11.1 Å². The molecule has 4 rings (SSSR count). The molecule has 6 nitrogen and oxygen atoms in total. The maximum Gasteiger partial charge on any atom is 0.243 e. The van der Waals surface area contributed by atoms with Crippen LogP contribution in [0.4, 0.5) is 10.1 Å². The summed E-state index contributed by atoms with van der Waals surface area (Å²) in [6.07, 6.45) is 3.23. The van der Waals surface area contributed by atoms with Gasteiger partial charge in [0.1, 0.15) is 5.82 Å². The van der Waals surface area contributed by atoms with Gasteiger partial charge in [0.15, 0.2) is 0 Å². The van der Waals surface area contributed by atoms with E-state index >= 15 is 0 Å². The van der Waals surface area contributed by atoms with E-state index in [1.165, 1.54) is 34.3 Å². The van der Waals surface area contributed by atoms with Gasteiger partial charge in [-0.3, -0.25) is 9.78 Å². The van der Waals surface area contributed by atoms with E-state index in [0.717, 1.165) is 10.5 Å². The minimum Gasteiger partial charge on any atom is -0.325 e. The summed E-state index contributed by atoms with van der Waals surface area (Å²) < 4.78 is 41.9. The van der Waals surface area contributed by atoms with Crippen molar-refractivity contribution in [3.8, 4) is 0 Å². The van der Waals surface area contributed by atoms with E-state index < -0.39 is 10.0 Å². The summed E-state index contributed by atoms with van der Waals surface area (Å²) >= 11 is 1.52. The van der Waals surface area contributed by atoms with E-state index in [4.69, 9.17) is 0 Å². The number of rotatable bonds is 6. The Kier molecular flexibility index (Phi) is 6.59. The number of halogens is 1. The number of aromatic nitrogens is 1. The quantitative estimate of drug-likeness (QED) is 0.580. The van der Waals surface area contributed by atoms with Crippen LogP contribution in [0.5, 0.6) is 0 Å². The highest BCUT2D eigenvalue weighted by molar-refractivity contribution is 7.99. The number of nitrogens with one attached hydrogen (secondary N) is 1. The second-order valence-electron chi connectivity index (χ2n) is 7.62. The molecule has 0 spiro atoms. The third-order valence-corrected chi connectivity index (χ3v) is 8.26. The van der Waals surface area contributed by atoms with Gasteiger partial charge in [0.05, 0.1) is 10.6 Å². The van der Waals surface area contributed by atoms with Crippen LogP contribution in [0.1, 0.15) is 18.1 Å². The first-order valence-corrected chi connectivity index (χ1v) is 12.5. The lowest BCUT2D eigenvalue weighted by molar-refractivity contribution is -0.118. The van der Waals surface area contributed by atoms with E-state index in [1.54, 1.807) is 48.8 Å². The van der Waals surface area contributed by atoms with Gasteiger partial charge in [-0.05, 0) is 47.5 Å². The molecule has 2 heterocycles. The number of anilines is 1. The fourth-order valence-corrected chi connectivity index (χ4v) is 5.76. The van der Waals surface area contributed by atoms with Crippen LogP contribution in [0.3, 0.4) is 0 Å². The van der Waals surface area contributed by atoms with Crippen LogP contribution in [0, 0.1) is 11.7 Å². The van der Waals surface area contributed by atoms with Crippen LogP contribution in [0.15, 0.2) is 76.8 Å². The van der Waals surface area contributed by atoms with Crippen LogP contribution in [-0.2, 0) is 27.9 Å². The topological polar surface area (TPSA) is 79.4 Å². The first-order valence-electron chi connectivity index (χ1n) is 10.0. The number of sulfonamides is 1. The van der Waals surface area contributed by atoms with E-state index in [-0.39, 0.29) is 35.6 Å². The molecule has 32 heavy (non-hydrogen) atoms. The third kappa shape index (κ3) is 5.01. The van der Waals surface area contributed by atoms with Crippen LogP contribution in [0.25, 0.3) is 0 Å². The number of carbonyl (C=O) groups excluding carboxylic acids is 1. The molecule has 1 unspecified atom stereocenters. The summed E-state index contributed by atoms with van der Waals surface area (Å²) in [7, 11) is -3.93. The first-order chi connectivity index (χ1) is 15.3. The summed E-state index contributed by atoms with van der Waals surface area (Å²) in [5.74, 6) is -0.0659. The number of benzene rings is 2. The van der Waals surface area contributed by atoms with E-state index in [9.17, 15) is 17.6 Å². The Morgan fingerprint density at radius 1 is 1.12 bits per heavy atom. The molecule has 1 aliphatic heterocycles. The monoisotopic (exact) mass is 471 g/mol. The molecule has 3 aromatic rings. The minimum absolute atomic E-state index is 0.0622. The Morgan fingerprint density at radius 2 is 1.88 bits per heavy atom. The summed E-state index contributed by atoms with van der Waals surface area (Å²) in [6.45, 7) is 2.00. The van der Waals surface area contributed by atoms with Gasteiger partial charge >= 0.3 is 0 Å². The molecule has 1 atom stereocenters. The lowest BCUT2D eigenvalue weighted by Gasteiger charge is -2.23. The molecule has 2 aromatic carbocycles. The molecule has 1 aliphatic rings. The number of fused-ring (bicyclic) bond motifs is 1. The molecule has 9 heteroatoms. The van der Waals surface area contributed by atoms with Gasteiger partial charge in [-0.1, -0.05) is 25.1 Å². The zero-order valence-corrected chi connectivity index (χ0v) is 19.0. The molecule has 0 bridgehead atoms. The van der Waals surface area contributed by atoms with E-state index in [1.807, 2.05) is 6.92 Å². The molecular formula is C23H22FN3O3S2. The van der Waals surface area contributed by atoms with E-state index in [2.05, 4.69) is 10.3 Å². The fraction of sp³-hybridized carbons (Fsp3) is 0.217. The SMILES string of the molecule is CC1CSc2ccc(S(=O)(=O)N(Cc3ccc(F)cc3)Cc3cccnc3)cc2NC1=O. The molecule has 0 fully saturated rings. The Bertz CT molecular complexity index is 1220. The first kappa shape index (κ1) is 22.4. The van der Waals surface area contributed by atoms with Gasteiger partial charge in [-0.15, -0.1) is 11.8 Å². The molecular weight excluding hydrogens is 449 g/mol. The molecule has 1 aromatic heterocycles. The number of amides is 1. The third-order valence-electron chi connectivity index (χ3n) is 5.14. The highest BCUT2D eigenvalue weighted by Crippen LogP contribution is 2.35. The standard InChI is InChI=1S/C23H22FN3O3S2/c1-16-15-31-22-9-8-20(11-21(22)26-23(16)28)32(29,30)27(14-18-3-2-10-25-12-18)13-17-4-6-19(24)7-5-17/h2-12,16H,13-15H2,1H3,(H,26,28). The molecule has 166 valence electrons. The lowest BCUT2D eigenvalue weighted by atomic mass is 10.2. The minimum atomic E-state index is -3.93. The summed E-state index contributed by atoms with van der Waals surface area (Å²) in [5, 5.41) is 2.83. The maximum absolute atomic E-state index is 13.6. The maximum atomic E-state index is 13.6. The van der Waals surface area contributed by atoms with Crippen molar-refractivity contribution in [2.45, 2.75) is 29.8 Å². The second kappa shape index (κ2) is 9.40. The number of hydrogen-bond acceptors (Lipinski definition) is 5. The molecule has 1 amide bonds. The summed E-state index contributed by atoms with van der Waals surface area (Å²) in [4.78, 5) is 17.2. The Labute approximate surface area is 190 Å². The van der Waals surface area contributed by atoms with Gasteiger partial charge in [-0.2, -0.15) is 4.31 Å². The van der Waals surface area contributed by atoms with Crippen molar-refractivity contribution in [3.63, 3.8) is 0 Å². The number of pyridine rings is 1. The van der Waals surface area contributed by atoms with Gasteiger partial charge in [0.2, 0.25) is 15.9 Å². The van der Waals surface area contributed by atoms with Gasteiger partial charge in [0, 0.05) is 42.0 Å². The fourth-order valence-electron chi connectivity index (χ4n) is 3.30. The van der Waals surface area contributed by atoms with Crippen molar-refractivity contribution < 1.29 is 17.6 Å². The zero-order chi connectivity index (χ0) is 22.7. The Morgan fingerprint density at radius 3 is 2.59 bits per heavy atom. The van der Waals surface area contributed by atoms with Crippen molar-refractivity contribution in [2.24, 2.45) is 5.92 Å². The molecule has 1 N–H and O–H groups in total.